The van der Waals surface area contributed by atoms with Crippen molar-refractivity contribution in [3.63, 3.8) is 0 Å². The molecule has 4 nitrogen and oxygen atoms in total. The minimum Gasteiger partial charge on any atom is -0.381 e. The fourth-order valence-corrected chi connectivity index (χ4v) is 3.48. The quantitative estimate of drug-likeness (QED) is 0.939. The molecule has 0 amide bonds. The zero-order chi connectivity index (χ0) is 13.8. The summed E-state index contributed by atoms with van der Waals surface area (Å²) < 4.78 is 10.2. The van der Waals surface area contributed by atoms with Crippen molar-refractivity contribution in [2.45, 2.75) is 25.2 Å². The van der Waals surface area contributed by atoms with Gasteiger partial charge in [-0.2, -0.15) is 4.37 Å². The van der Waals surface area contributed by atoms with Crippen LogP contribution in [0.5, 0.6) is 0 Å². The molecule has 0 aliphatic carbocycles. The fourth-order valence-electron chi connectivity index (χ4n) is 2.76. The van der Waals surface area contributed by atoms with Gasteiger partial charge in [-0.25, -0.2) is 4.98 Å². The van der Waals surface area contributed by atoms with Crippen molar-refractivity contribution in [3.05, 3.63) is 41.7 Å². The highest BCUT2D eigenvalue weighted by atomic mass is 32.1. The molecule has 0 atom stereocenters. The number of aromatic nitrogens is 2. The molecule has 2 aromatic rings. The molecule has 0 radical (unpaired) electrons. The Morgan fingerprint density at radius 1 is 1.25 bits per heavy atom. The summed E-state index contributed by atoms with van der Waals surface area (Å²) in [6.07, 6.45) is 1.89. The Bertz CT molecular complexity index is 549. The first kappa shape index (κ1) is 13.5. The van der Waals surface area contributed by atoms with Gasteiger partial charge in [0.25, 0.3) is 0 Å². The molecule has 106 valence electrons. The predicted molar refractivity (Wildman–Crippen MR) is 81.3 cm³/mol. The van der Waals surface area contributed by atoms with Gasteiger partial charge in [0, 0.05) is 31.3 Å². The average Bonchev–Trinajstić information content (AvgIpc) is 2.98. The van der Waals surface area contributed by atoms with E-state index in [2.05, 4.69) is 46.9 Å². The fraction of sp³-hybridized carbons (Fsp3) is 0.467. The largest absolute Gasteiger partial charge is 0.381 e. The predicted octanol–water partition coefficient (Wildman–Crippen LogP) is 3.07. The Hall–Kier alpha value is -1.46. The van der Waals surface area contributed by atoms with Crippen LogP contribution >= 0.6 is 11.5 Å². The normalized spacial score (nSPS) is 17.9. The van der Waals surface area contributed by atoms with E-state index in [1.165, 1.54) is 17.1 Å². The molecule has 1 aliphatic heterocycles. The molecular formula is C15H19N3OS. The maximum absolute atomic E-state index is 5.55. The second-order valence-electron chi connectivity index (χ2n) is 5.01. The molecule has 0 spiro atoms. The van der Waals surface area contributed by atoms with Crippen LogP contribution in [0, 0.1) is 0 Å². The lowest BCUT2D eigenvalue weighted by Crippen LogP contribution is -2.36. The summed E-state index contributed by atoms with van der Waals surface area (Å²) in [6.45, 7) is 4.48. The van der Waals surface area contributed by atoms with Gasteiger partial charge in [0.2, 0.25) is 5.13 Å². The number of benzene rings is 1. The molecule has 1 aliphatic rings. The van der Waals surface area contributed by atoms with Gasteiger partial charge >= 0.3 is 0 Å². The Balaban J connectivity index is 2.00. The van der Waals surface area contributed by atoms with Crippen LogP contribution in [0.25, 0.3) is 0 Å². The lowest BCUT2D eigenvalue weighted by atomic mass is 9.73. The molecule has 0 bridgehead atoms. The highest BCUT2D eigenvalue weighted by Crippen LogP contribution is 2.40. The molecule has 1 fully saturated rings. The molecule has 5 heteroatoms. The topological polar surface area (TPSA) is 47.0 Å². The van der Waals surface area contributed by atoms with E-state index in [9.17, 15) is 0 Å². The van der Waals surface area contributed by atoms with Gasteiger partial charge in [0.05, 0.1) is 5.41 Å². The number of hydrogen-bond donors (Lipinski definition) is 1. The smallest absolute Gasteiger partial charge is 0.202 e. The molecule has 0 unspecified atom stereocenters. The maximum atomic E-state index is 5.55. The van der Waals surface area contributed by atoms with Gasteiger partial charge < -0.3 is 10.1 Å². The van der Waals surface area contributed by atoms with Crippen molar-refractivity contribution in [3.8, 4) is 0 Å². The van der Waals surface area contributed by atoms with Gasteiger partial charge in [-0.1, -0.05) is 30.3 Å². The third-order valence-electron chi connectivity index (χ3n) is 3.85. The first-order chi connectivity index (χ1) is 9.85. The van der Waals surface area contributed by atoms with E-state index < -0.39 is 0 Å². The number of anilines is 1. The monoisotopic (exact) mass is 289 g/mol. The van der Waals surface area contributed by atoms with E-state index in [1.54, 1.807) is 0 Å². The van der Waals surface area contributed by atoms with Crippen LogP contribution in [0.2, 0.25) is 0 Å². The van der Waals surface area contributed by atoms with Crippen LogP contribution in [0.15, 0.2) is 30.3 Å². The van der Waals surface area contributed by atoms with Crippen molar-refractivity contribution in [2.24, 2.45) is 0 Å². The molecule has 1 saturated heterocycles. The van der Waals surface area contributed by atoms with Crippen LogP contribution in [0.1, 0.15) is 31.2 Å². The number of rotatable bonds is 4. The second kappa shape index (κ2) is 5.89. The lowest BCUT2D eigenvalue weighted by molar-refractivity contribution is 0.0608. The van der Waals surface area contributed by atoms with E-state index in [1.807, 2.05) is 0 Å². The van der Waals surface area contributed by atoms with E-state index in [4.69, 9.17) is 9.72 Å². The first-order valence-corrected chi connectivity index (χ1v) is 7.84. The van der Waals surface area contributed by atoms with Gasteiger partial charge in [0.1, 0.15) is 0 Å². The Kier molecular flexibility index (Phi) is 3.98. The number of ether oxygens (including phenoxy) is 1. The summed E-state index contributed by atoms with van der Waals surface area (Å²) >= 11 is 1.45. The van der Waals surface area contributed by atoms with E-state index in [0.717, 1.165) is 43.6 Å². The molecule has 1 N–H and O–H groups in total. The Morgan fingerprint density at radius 2 is 2.00 bits per heavy atom. The van der Waals surface area contributed by atoms with Gasteiger partial charge in [-0.15, -0.1) is 0 Å². The third-order valence-corrected chi connectivity index (χ3v) is 4.53. The van der Waals surface area contributed by atoms with Crippen LogP contribution in [0.4, 0.5) is 5.13 Å². The van der Waals surface area contributed by atoms with Crippen LogP contribution in [-0.2, 0) is 10.2 Å². The summed E-state index contributed by atoms with van der Waals surface area (Å²) in [5.74, 6) is 0.938. The van der Waals surface area contributed by atoms with Gasteiger partial charge in [-0.3, -0.25) is 0 Å². The molecule has 20 heavy (non-hydrogen) atoms. The van der Waals surface area contributed by atoms with E-state index in [-0.39, 0.29) is 5.41 Å². The van der Waals surface area contributed by atoms with Gasteiger partial charge in [0.15, 0.2) is 5.82 Å². The Morgan fingerprint density at radius 3 is 2.70 bits per heavy atom. The zero-order valence-corrected chi connectivity index (χ0v) is 12.4. The third kappa shape index (κ3) is 2.43. The zero-order valence-electron chi connectivity index (χ0n) is 11.6. The molecule has 0 saturated carbocycles. The lowest BCUT2D eigenvalue weighted by Gasteiger charge is -2.35. The average molecular weight is 289 g/mol. The van der Waals surface area contributed by atoms with E-state index >= 15 is 0 Å². The first-order valence-electron chi connectivity index (χ1n) is 7.06. The van der Waals surface area contributed by atoms with Crippen molar-refractivity contribution < 1.29 is 4.74 Å². The number of hydrogen-bond acceptors (Lipinski definition) is 5. The SMILES string of the molecule is CCNc1nc(C2(c3ccccc3)CCOCC2)ns1. The highest BCUT2D eigenvalue weighted by molar-refractivity contribution is 7.09. The van der Waals surface area contributed by atoms with E-state index in [0.29, 0.717) is 0 Å². The van der Waals surface area contributed by atoms with Crippen LogP contribution in [-0.4, -0.2) is 29.1 Å². The van der Waals surface area contributed by atoms with Gasteiger partial charge in [-0.05, 0) is 25.3 Å². The van der Waals surface area contributed by atoms with Crippen LogP contribution < -0.4 is 5.32 Å². The maximum Gasteiger partial charge on any atom is 0.202 e. The standard InChI is InChI=1S/C15H19N3OS/c1-2-16-14-17-13(18-20-14)15(8-10-19-11-9-15)12-6-4-3-5-7-12/h3-7H,2,8-11H2,1H3,(H,16,17,18). The molecule has 1 aromatic heterocycles. The number of nitrogens with one attached hydrogen (secondary N) is 1. The van der Waals surface area contributed by atoms with Crippen molar-refractivity contribution in [1.82, 2.24) is 9.36 Å². The minimum atomic E-state index is -0.0936. The summed E-state index contributed by atoms with van der Waals surface area (Å²) in [6, 6.07) is 10.6. The van der Waals surface area contributed by atoms with Crippen molar-refractivity contribution >= 4 is 16.7 Å². The summed E-state index contributed by atoms with van der Waals surface area (Å²) in [5.41, 5.74) is 1.20. The summed E-state index contributed by atoms with van der Waals surface area (Å²) in [4.78, 5) is 4.71. The van der Waals surface area contributed by atoms with Crippen molar-refractivity contribution in [1.29, 1.82) is 0 Å². The van der Waals surface area contributed by atoms with Crippen LogP contribution in [0.3, 0.4) is 0 Å². The second-order valence-corrected chi connectivity index (χ2v) is 5.77. The minimum absolute atomic E-state index is 0.0936. The van der Waals surface area contributed by atoms with Crippen molar-refractivity contribution in [2.75, 3.05) is 25.1 Å². The highest BCUT2D eigenvalue weighted by Gasteiger charge is 2.39. The molecule has 3 rings (SSSR count). The molecule has 2 heterocycles. The Labute approximate surface area is 123 Å². The molecule has 1 aromatic carbocycles. The summed E-state index contributed by atoms with van der Waals surface area (Å²) in [7, 11) is 0. The number of nitrogens with zero attached hydrogens (tertiary/aromatic N) is 2. The molecular weight excluding hydrogens is 270 g/mol. The summed E-state index contributed by atoms with van der Waals surface area (Å²) in [5, 5.41) is 4.16.